The maximum Gasteiger partial charge on any atom is 0.239 e. The van der Waals surface area contributed by atoms with Gasteiger partial charge in [-0.3, -0.25) is 10.1 Å². The number of rotatable bonds is 3. The lowest BCUT2D eigenvalue weighted by atomic mass is 10.2. The summed E-state index contributed by atoms with van der Waals surface area (Å²) < 4.78 is 5.18. The fraction of sp³-hybridized carbons (Fsp3) is 0.889. The highest BCUT2D eigenvalue weighted by Crippen LogP contribution is 2.01. The second-order valence-electron chi connectivity index (χ2n) is 3.50. The Labute approximate surface area is 103 Å². The van der Waals surface area contributed by atoms with Crippen LogP contribution in [0.25, 0.3) is 0 Å². The first kappa shape index (κ1) is 15.0. The van der Waals surface area contributed by atoms with Gasteiger partial charge in [-0.25, -0.2) is 0 Å². The lowest BCUT2D eigenvalue weighted by Crippen LogP contribution is -2.50. The summed E-state index contributed by atoms with van der Waals surface area (Å²) >= 11 is 4.19. The van der Waals surface area contributed by atoms with Gasteiger partial charge in [0, 0.05) is 18.5 Å². The van der Waals surface area contributed by atoms with Crippen LogP contribution in [-0.2, 0) is 9.53 Å². The maximum atomic E-state index is 11.8. The number of ether oxygens (including phenoxy) is 1. The Balaban J connectivity index is 0.00000196. The van der Waals surface area contributed by atoms with Crippen molar-refractivity contribution in [1.82, 2.24) is 10.2 Å². The van der Waals surface area contributed by atoms with Gasteiger partial charge in [-0.2, -0.15) is 12.6 Å². The number of morpholine rings is 1. The lowest BCUT2D eigenvalue weighted by Gasteiger charge is -2.30. The van der Waals surface area contributed by atoms with Crippen LogP contribution in [-0.4, -0.2) is 48.5 Å². The fourth-order valence-corrected chi connectivity index (χ4v) is 1.71. The number of carbonyl (C=O) groups is 1. The molecule has 1 saturated heterocycles. The van der Waals surface area contributed by atoms with Crippen LogP contribution in [0.2, 0.25) is 0 Å². The maximum absolute atomic E-state index is 11.8. The molecule has 2 unspecified atom stereocenters. The van der Waals surface area contributed by atoms with E-state index in [4.69, 9.17) is 4.74 Å². The molecule has 2 atom stereocenters. The van der Waals surface area contributed by atoms with Gasteiger partial charge in [0.15, 0.2) is 0 Å². The van der Waals surface area contributed by atoms with Crippen LogP contribution in [0.4, 0.5) is 0 Å². The predicted molar refractivity (Wildman–Crippen MR) is 65.7 cm³/mol. The van der Waals surface area contributed by atoms with Crippen LogP contribution >= 0.6 is 25.0 Å². The number of hydrogen-bond donors (Lipinski definition) is 2. The molecule has 0 spiro atoms. The molecular weight excluding hydrogens is 236 g/mol. The van der Waals surface area contributed by atoms with Gasteiger partial charge in [-0.05, 0) is 13.8 Å². The molecular formula is C9H19ClN2O2S. The van der Waals surface area contributed by atoms with E-state index in [0.29, 0.717) is 26.3 Å². The van der Waals surface area contributed by atoms with Crippen molar-refractivity contribution < 1.29 is 9.53 Å². The van der Waals surface area contributed by atoms with Crippen LogP contribution < -0.4 is 5.32 Å². The minimum Gasteiger partial charge on any atom is -0.378 e. The van der Waals surface area contributed by atoms with Crippen LogP contribution in [0.1, 0.15) is 13.8 Å². The van der Waals surface area contributed by atoms with Gasteiger partial charge in [0.25, 0.3) is 0 Å². The quantitative estimate of drug-likeness (QED) is 0.570. The third-order valence-corrected chi connectivity index (χ3v) is 2.33. The molecule has 1 rings (SSSR count). The predicted octanol–water partition coefficient (Wildman–Crippen LogP) is 0.521. The summed E-state index contributed by atoms with van der Waals surface area (Å²) in [7, 11) is 0. The topological polar surface area (TPSA) is 41.6 Å². The Morgan fingerprint density at radius 3 is 2.40 bits per heavy atom. The van der Waals surface area contributed by atoms with Gasteiger partial charge in [0.1, 0.15) is 0 Å². The Kier molecular flexibility index (Phi) is 7.34. The van der Waals surface area contributed by atoms with Crippen LogP contribution in [0.15, 0.2) is 0 Å². The standard InChI is InChI=1S/C9H18N2O2S.ClH/c1-7(10-8(2)14)9(12)11-3-5-13-6-4-11;/h7-8,10,14H,3-6H2,1-2H3;1H. The summed E-state index contributed by atoms with van der Waals surface area (Å²) in [6.45, 7) is 6.47. The first-order valence-corrected chi connectivity index (χ1v) is 5.43. The first-order valence-electron chi connectivity index (χ1n) is 4.92. The molecule has 4 nitrogen and oxygen atoms in total. The molecule has 90 valence electrons. The molecule has 0 aromatic carbocycles. The molecule has 0 aromatic heterocycles. The van der Waals surface area contributed by atoms with Gasteiger partial charge < -0.3 is 9.64 Å². The summed E-state index contributed by atoms with van der Waals surface area (Å²) in [5.74, 6) is 0.134. The van der Waals surface area contributed by atoms with E-state index < -0.39 is 0 Å². The Hall–Kier alpha value is 0.0300. The number of thiol groups is 1. The van der Waals surface area contributed by atoms with Gasteiger partial charge in [0.05, 0.1) is 19.3 Å². The van der Waals surface area contributed by atoms with E-state index in [1.54, 1.807) is 0 Å². The summed E-state index contributed by atoms with van der Waals surface area (Å²) in [6.07, 6.45) is 0. The molecule has 1 N–H and O–H groups in total. The number of carbonyl (C=O) groups excluding carboxylic acids is 1. The molecule has 0 aromatic rings. The molecule has 0 saturated carbocycles. The summed E-state index contributed by atoms with van der Waals surface area (Å²) in [5.41, 5.74) is 0. The largest absolute Gasteiger partial charge is 0.378 e. The van der Waals surface area contributed by atoms with Crippen molar-refractivity contribution in [2.24, 2.45) is 0 Å². The van der Waals surface area contributed by atoms with Crippen molar-refractivity contribution in [3.63, 3.8) is 0 Å². The van der Waals surface area contributed by atoms with Crippen LogP contribution in [0.3, 0.4) is 0 Å². The molecule has 1 aliphatic rings. The Bertz CT molecular complexity index is 199. The van der Waals surface area contributed by atoms with E-state index >= 15 is 0 Å². The molecule has 1 aliphatic heterocycles. The molecule has 1 heterocycles. The third-order valence-electron chi connectivity index (χ3n) is 2.18. The van der Waals surface area contributed by atoms with Gasteiger partial charge >= 0.3 is 0 Å². The zero-order valence-electron chi connectivity index (χ0n) is 9.10. The zero-order valence-corrected chi connectivity index (χ0v) is 10.8. The van der Waals surface area contributed by atoms with Crippen molar-refractivity contribution >= 4 is 30.9 Å². The normalized spacial score (nSPS) is 20.3. The summed E-state index contributed by atoms with van der Waals surface area (Å²) in [6, 6.07) is -0.166. The van der Waals surface area contributed by atoms with Gasteiger partial charge in [-0.1, -0.05) is 0 Å². The summed E-state index contributed by atoms with van der Waals surface area (Å²) in [4.78, 5) is 13.6. The Morgan fingerprint density at radius 1 is 1.40 bits per heavy atom. The monoisotopic (exact) mass is 254 g/mol. The molecule has 15 heavy (non-hydrogen) atoms. The average Bonchev–Trinajstić information content (AvgIpc) is 2.17. The highest BCUT2D eigenvalue weighted by molar-refractivity contribution is 7.80. The number of hydrogen-bond acceptors (Lipinski definition) is 4. The van der Waals surface area contributed by atoms with Crippen molar-refractivity contribution in [2.45, 2.75) is 25.3 Å². The number of nitrogens with zero attached hydrogens (tertiary/aromatic N) is 1. The van der Waals surface area contributed by atoms with E-state index in [0.717, 1.165) is 0 Å². The van der Waals surface area contributed by atoms with E-state index in [1.807, 2.05) is 18.7 Å². The van der Waals surface area contributed by atoms with E-state index in [9.17, 15) is 4.79 Å². The van der Waals surface area contributed by atoms with Gasteiger partial charge in [-0.15, -0.1) is 12.4 Å². The second-order valence-corrected chi connectivity index (χ2v) is 4.28. The molecule has 1 fully saturated rings. The van der Waals surface area contributed by atoms with Crippen molar-refractivity contribution in [1.29, 1.82) is 0 Å². The van der Waals surface area contributed by atoms with Gasteiger partial charge in [0.2, 0.25) is 5.91 Å². The first-order chi connectivity index (χ1) is 6.61. The number of nitrogens with one attached hydrogen (secondary N) is 1. The number of amides is 1. The van der Waals surface area contributed by atoms with Crippen LogP contribution in [0, 0.1) is 0 Å². The minimum atomic E-state index is -0.166. The third kappa shape index (κ3) is 5.06. The van der Waals surface area contributed by atoms with Crippen molar-refractivity contribution in [3.8, 4) is 0 Å². The molecule has 0 aliphatic carbocycles. The number of halogens is 1. The molecule has 0 bridgehead atoms. The van der Waals surface area contributed by atoms with Crippen molar-refractivity contribution in [2.75, 3.05) is 26.3 Å². The minimum absolute atomic E-state index is 0. The molecule has 0 radical (unpaired) electrons. The Morgan fingerprint density at radius 2 is 1.93 bits per heavy atom. The van der Waals surface area contributed by atoms with Crippen LogP contribution in [0.5, 0.6) is 0 Å². The van der Waals surface area contributed by atoms with E-state index in [-0.39, 0.29) is 29.7 Å². The van der Waals surface area contributed by atoms with E-state index in [2.05, 4.69) is 17.9 Å². The van der Waals surface area contributed by atoms with Crippen molar-refractivity contribution in [3.05, 3.63) is 0 Å². The fourth-order valence-electron chi connectivity index (χ4n) is 1.49. The zero-order chi connectivity index (χ0) is 10.6. The SMILES string of the molecule is CC(S)NC(C)C(=O)N1CCOCC1.Cl. The van der Waals surface area contributed by atoms with E-state index in [1.165, 1.54) is 0 Å². The molecule has 6 heteroatoms. The molecule has 1 amide bonds. The highest BCUT2D eigenvalue weighted by Gasteiger charge is 2.22. The lowest BCUT2D eigenvalue weighted by molar-refractivity contribution is -0.137. The summed E-state index contributed by atoms with van der Waals surface area (Å²) in [5, 5.41) is 3.11. The second kappa shape index (κ2) is 7.33. The smallest absolute Gasteiger partial charge is 0.239 e. The highest BCUT2D eigenvalue weighted by atomic mass is 35.5. The average molecular weight is 255 g/mol.